The smallest absolute Gasteiger partial charge is 0.310 e. The molecule has 5 nitrogen and oxygen atoms in total. The normalized spacial score (nSPS) is 10.6. The van der Waals surface area contributed by atoms with Crippen LogP contribution in [0.15, 0.2) is 24.3 Å². The van der Waals surface area contributed by atoms with Gasteiger partial charge >= 0.3 is 11.9 Å². The van der Waals surface area contributed by atoms with Crippen LogP contribution < -0.4 is 0 Å². The molecule has 1 heterocycles. The number of aromatic nitrogens is 1. The highest BCUT2D eigenvalue weighted by atomic mass is 16.5. The number of hydrogen-bond donors (Lipinski definition) is 2. The van der Waals surface area contributed by atoms with Gasteiger partial charge in [-0.2, -0.15) is 0 Å². The third kappa shape index (κ3) is 2.93. The molecule has 19 heavy (non-hydrogen) atoms. The minimum atomic E-state index is -0.859. The highest BCUT2D eigenvalue weighted by molar-refractivity contribution is 5.88. The van der Waals surface area contributed by atoms with Crippen molar-refractivity contribution in [3.63, 3.8) is 0 Å². The fourth-order valence-corrected chi connectivity index (χ4v) is 2.12. The summed E-state index contributed by atoms with van der Waals surface area (Å²) >= 11 is 0. The average molecular weight is 261 g/mol. The summed E-state index contributed by atoms with van der Waals surface area (Å²) < 4.78 is 4.68. The monoisotopic (exact) mass is 261 g/mol. The number of fused-ring (bicyclic) bond motifs is 1. The fourth-order valence-electron chi connectivity index (χ4n) is 2.12. The summed E-state index contributed by atoms with van der Waals surface area (Å²) in [6.07, 6.45) is 0.548. The van der Waals surface area contributed by atoms with Gasteiger partial charge in [0.05, 0.1) is 20.0 Å². The van der Waals surface area contributed by atoms with Crippen molar-refractivity contribution < 1.29 is 19.4 Å². The number of carboxylic acid groups (broad SMARTS) is 1. The molecule has 0 bridgehead atoms. The summed E-state index contributed by atoms with van der Waals surface area (Å²) in [5.74, 6) is -1.19. The van der Waals surface area contributed by atoms with E-state index in [1.54, 1.807) is 0 Å². The Labute approximate surface area is 110 Å². The van der Waals surface area contributed by atoms with E-state index in [2.05, 4.69) is 9.72 Å². The quantitative estimate of drug-likeness (QED) is 0.806. The number of rotatable bonds is 5. The molecule has 0 aliphatic rings. The molecule has 2 rings (SSSR count). The number of aromatic amines is 1. The second-order valence-electron chi connectivity index (χ2n) is 4.27. The Bertz CT molecular complexity index is 615. The Morgan fingerprint density at radius 1 is 1.32 bits per heavy atom. The molecule has 2 N–H and O–H groups in total. The van der Waals surface area contributed by atoms with E-state index in [-0.39, 0.29) is 18.8 Å². The molecule has 0 aliphatic heterocycles. The van der Waals surface area contributed by atoms with Crippen molar-refractivity contribution in [2.75, 3.05) is 7.11 Å². The lowest BCUT2D eigenvalue weighted by molar-refractivity contribution is -0.139. The number of para-hydroxylation sites is 1. The zero-order valence-electron chi connectivity index (χ0n) is 10.6. The summed E-state index contributed by atoms with van der Waals surface area (Å²) in [5, 5.41) is 9.70. The van der Waals surface area contributed by atoms with Crippen LogP contribution in [0.4, 0.5) is 0 Å². The van der Waals surface area contributed by atoms with E-state index < -0.39 is 5.97 Å². The lowest BCUT2D eigenvalue weighted by atomic mass is 10.0. The van der Waals surface area contributed by atoms with E-state index in [1.165, 1.54) is 7.11 Å². The topological polar surface area (TPSA) is 79.4 Å². The van der Waals surface area contributed by atoms with Crippen molar-refractivity contribution in [1.29, 1.82) is 0 Å². The van der Waals surface area contributed by atoms with Gasteiger partial charge in [-0.1, -0.05) is 18.2 Å². The van der Waals surface area contributed by atoms with Crippen molar-refractivity contribution >= 4 is 22.8 Å². The van der Waals surface area contributed by atoms with Gasteiger partial charge in [-0.15, -0.1) is 0 Å². The number of aliphatic carboxylic acids is 1. The van der Waals surface area contributed by atoms with Gasteiger partial charge in [-0.3, -0.25) is 9.59 Å². The van der Waals surface area contributed by atoms with Crippen molar-refractivity contribution in [3.05, 3.63) is 35.5 Å². The predicted molar refractivity (Wildman–Crippen MR) is 70.0 cm³/mol. The molecule has 0 saturated heterocycles. The Balaban J connectivity index is 2.39. The Kier molecular flexibility index (Phi) is 3.85. The number of carbonyl (C=O) groups excluding carboxylic acids is 1. The minimum Gasteiger partial charge on any atom is -0.481 e. The predicted octanol–water partition coefficient (Wildman–Crippen LogP) is 1.90. The molecular formula is C14H15NO4. The van der Waals surface area contributed by atoms with Gasteiger partial charge in [0.25, 0.3) is 0 Å². The zero-order chi connectivity index (χ0) is 13.8. The van der Waals surface area contributed by atoms with Crippen LogP contribution in [0.3, 0.4) is 0 Å². The van der Waals surface area contributed by atoms with Crippen LogP contribution in [0.2, 0.25) is 0 Å². The molecule has 0 amide bonds. The van der Waals surface area contributed by atoms with Gasteiger partial charge in [0.15, 0.2) is 0 Å². The van der Waals surface area contributed by atoms with Gasteiger partial charge in [0.1, 0.15) is 0 Å². The summed E-state index contributed by atoms with van der Waals surface area (Å²) in [7, 11) is 1.34. The summed E-state index contributed by atoms with van der Waals surface area (Å²) in [4.78, 5) is 25.3. The number of hydrogen-bond acceptors (Lipinski definition) is 3. The van der Waals surface area contributed by atoms with E-state index in [0.717, 1.165) is 22.2 Å². The lowest BCUT2D eigenvalue weighted by Crippen LogP contribution is -2.07. The van der Waals surface area contributed by atoms with E-state index >= 15 is 0 Å². The molecule has 0 spiro atoms. The van der Waals surface area contributed by atoms with Gasteiger partial charge in [0.2, 0.25) is 0 Å². The number of nitrogens with one attached hydrogen (secondary N) is 1. The molecule has 2 aromatic rings. The molecular weight excluding hydrogens is 246 g/mol. The molecule has 0 unspecified atom stereocenters. The van der Waals surface area contributed by atoms with E-state index in [1.807, 2.05) is 24.3 Å². The molecule has 0 radical (unpaired) electrons. The number of ether oxygens (including phenoxy) is 1. The molecule has 0 atom stereocenters. The van der Waals surface area contributed by atoms with Crippen LogP contribution in [0.5, 0.6) is 0 Å². The van der Waals surface area contributed by atoms with Crippen molar-refractivity contribution in [2.45, 2.75) is 19.3 Å². The number of carbonyl (C=O) groups is 2. The lowest BCUT2D eigenvalue weighted by Gasteiger charge is -2.02. The largest absolute Gasteiger partial charge is 0.481 e. The number of esters is 1. The maximum atomic E-state index is 11.5. The van der Waals surface area contributed by atoms with Crippen LogP contribution in [0.25, 0.3) is 10.9 Å². The van der Waals surface area contributed by atoms with Gasteiger partial charge in [-0.05, 0) is 18.1 Å². The van der Waals surface area contributed by atoms with E-state index in [0.29, 0.717) is 6.42 Å². The first-order valence-corrected chi connectivity index (χ1v) is 5.99. The van der Waals surface area contributed by atoms with E-state index in [4.69, 9.17) is 5.11 Å². The maximum absolute atomic E-state index is 11.5. The fraction of sp³-hybridized carbons (Fsp3) is 0.286. The minimum absolute atomic E-state index is 0.0288. The molecule has 1 aromatic carbocycles. The Morgan fingerprint density at radius 2 is 2.05 bits per heavy atom. The summed E-state index contributed by atoms with van der Waals surface area (Å²) in [5.41, 5.74) is 2.51. The summed E-state index contributed by atoms with van der Waals surface area (Å²) in [6, 6.07) is 7.59. The summed E-state index contributed by atoms with van der Waals surface area (Å²) in [6.45, 7) is 0. The molecule has 5 heteroatoms. The van der Waals surface area contributed by atoms with Crippen LogP contribution >= 0.6 is 0 Å². The van der Waals surface area contributed by atoms with Crippen LogP contribution in [0.1, 0.15) is 17.7 Å². The number of benzene rings is 1. The Hall–Kier alpha value is -2.30. The third-order valence-corrected chi connectivity index (χ3v) is 3.04. The maximum Gasteiger partial charge on any atom is 0.310 e. The molecule has 1 aromatic heterocycles. The standard InChI is InChI=1S/C14H15NO4/c1-19-14(18)8-10-9-4-2-3-5-11(9)15-12(10)6-7-13(16)17/h2-5,15H,6-8H2,1H3,(H,16,17). The first kappa shape index (κ1) is 13.1. The van der Waals surface area contributed by atoms with Crippen molar-refractivity contribution in [3.8, 4) is 0 Å². The van der Waals surface area contributed by atoms with E-state index in [9.17, 15) is 9.59 Å². The van der Waals surface area contributed by atoms with Crippen molar-refractivity contribution in [1.82, 2.24) is 4.98 Å². The molecule has 0 saturated carbocycles. The molecule has 0 aliphatic carbocycles. The average Bonchev–Trinajstić information content (AvgIpc) is 2.74. The van der Waals surface area contributed by atoms with Crippen LogP contribution in [0, 0.1) is 0 Å². The van der Waals surface area contributed by atoms with Crippen LogP contribution in [-0.2, 0) is 27.2 Å². The third-order valence-electron chi connectivity index (χ3n) is 3.04. The molecule has 0 fully saturated rings. The number of carboxylic acids is 1. The highest BCUT2D eigenvalue weighted by Crippen LogP contribution is 2.24. The van der Waals surface area contributed by atoms with Crippen molar-refractivity contribution in [2.24, 2.45) is 0 Å². The molecule has 100 valence electrons. The van der Waals surface area contributed by atoms with Gasteiger partial charge in [0, 0.05) is 16.6 Å². The number of aryl methyl sites for hydroxylation is 1. The highest BCUT2D eigenvalue weighted by Gasteiger charge is 2.15. The first-order chi connectivity index (χ1) is 9.11. The first-order valence-electron chi connectivity index (χ1n) is 5.99. The SMILES string of the molecule is COC(=O)Cc1c(CCC(=O)O)[nH]c2ccccc12. The second kappa shape index (κ2) is 5.56. The van der Waals surface area contributed by atoms with Gasteiger partial charge in [-0.25, -0.2) is 0 Å². The number of methoxy groups -OCH3 is 1. The van der Waals surface area contributed by atoms with Crippen LogP contribution in [-0.4, -0.2) is 29.1 Å². The van der Waals surface area contributed by atoms with Gasteiger partial charge < -0.3 is 14.8 Å². The number of H-pyrrole nitrogens is 1. The zero-order valence-corrected chi connectivity index (χ0v) is 10.6. The second-order valence-corrected chi connectivity index (χ2v) is 4.27. The Morgan fingerprint density at radius 3 is 2.74 bits per heavy atom.